The molecule has 0 spiro atoms. The van der Waals surface area contributed by atoms with E-state index in [9.17, 15) is 34.6 Å². The minimum Gasteiger partial charge on any atom is -0.477 e. The highest BCUT2D eigenvalue weighted by Crippen LogP contribution is 2.49. The molecule has 1 amide bonds. The predicted molar refractivity (Wildman–Crippen MR) is 97.7 cm³/mol. The number of carbonyl (C=O) groups is 2. The van der Waals surface area contributed by atoms with Crippen molar-refractivity contribution in [2.75, 3.05) is 26.4 Å². The number of amides is 1. The minimum atomic E-state index is -3.87. The van der Waals surface area contributed by atoms with E-state index in [1.165, 1.54) is 6.92 Å². The van der Waals surface area contributed by atoms with Crippen LogP contribution in [0.1, 0.15) is 33.6 Å². The third kappa shape index (κ3) is 7.91. The Morgan fingerprint density at radius 2 is 1.86 bits per heavy atom. The van der Waals surface area contributed by atoms with Crippen LogP contribution in [-0.4, -0.2) is 82.8 Å². The molecule has 170 valence electrons. The van der Waals surface area contributed by atoms with Gasteiger partial charge in [-0.05, 0) is 13.8 Å². The highest BCUT2D eigenvalue weighted by Gasteiger charge is 2.51. The van der Waals surface area contributed by atoms with Gasteiger partial charge in [0, 0.05) is 32.2 Å². The molecule has 5 atom stereocenters. The van der Waals surface area contributed by atoms with E-state index < -0.39 is 56.8 Å². The summed E-state index contributed by atoms with van der Waals surface area (Å²) >= 11 is 0. The van der Waals surface area contributed by atoms with Crippen molar-refractivity contribution in [2.45, 2.75) is 57.7 Å². The van der Waals surface area contributed by atoms with Crippen molar-refractivity contribution < 1.29 is 52.9 Å². The molecule has 1 fully saturated rings. The van der Waals surface area contributed by atoms with Gasteiger partial charge in [-0.1, -0.05) is 0 Å². The Balaban J connectivity index is 2.85. The molecule has 1 aliphatic heterocycles. The molecule has 0 aromatic heterocycles. The molecule has 0 saturated carbocycles. The molecule has 0 bridgehead atoms. The van der Waals surface area contributed by atoms with E-state index in [-0.39, 0.29) is 32.1 Å². The van der Waals surface area contributed by atoms with Crippen LogP contribution < -0.4 is 5.32 Å². The summed E-state index contributed by atoms with van der Waals surface area (Å²) in [6.07, 6.45) is -4.69. The molecule has 1 rings (SSSR count). The first-order valence-corrected chi connectivity index (χ1v) is 10.7. The zero-order valence-corrected chi connectivity index (χ0v) is 17.5. The van der Waals surface area contributed by atoms with Gasteiger partial charge < -0.3 is 30.5 Å². The van der Waals surface area contributed by atoms with Gasteiger partial charge in [-0.2, -0.15) is 0 Å². The number of hydrogen-bond donors (Lipinski definition) is 5. The second-order valence-corrected chi connectivity index (χ2v) is 8.26. The Kier molecular flexibility index (Phi) is 10.1. The number of carboxylic acid groups (broad SMARTS) is 1. The molecule has 0 aliphatic carbocycles. The Morgan fingerprint density at radius 3 is 2.34 bits per heavy atom. The predicted octanol–water partition coefficient (Wildman–Crippen LogP) is -0.390. The van der Waals surface area contributed by atoms with Gasteiger partial charge >= 0.3 is 13.8 Å². The molecule has 1 aliphatic rings. The number of carbonyl (C=O) groups excluding carboxylic acids is 1. The molecule has 0 aromatic carbocycles. The summed E-state index contributed by atoms with van der Waals surface area (Å²) < 4.78 is 32.5. The summed E-state index contributed by atoms with van der Waals surface area (Å²) in [5.74, 6) is -5.53. The second kappa shape index (κ2) is 11.3. The summed E-state index contributed by atoms with van der Waals surface area (Å²) in [4.78, 5) is 22.5. The van der Waals surface area contributed by atoms with E-state index in [1.54, 1.807) is 13.8 Å². The largest absolute Gasteiger partial charge is 0.477 e. The molecule has 1 saturated heterocycles. The first-order chi connectivity index (χ1) is 13.5. The number of aliphatic carboxylic acids is 1. The highest BCUT2D eigenvalue weighted by molar-refractivity contribution is 7.48. The first kappa shape index (κ1) is 25.9. The van der Waals surface area contributed by atoms with Crippen molar-refractivity contribution in [3.8, 4) is 0 Å². The zero-order chi connectivity index (χ0) is 22.2. The molecule has 13 heteroatoms. The van der Waals surface area contributed by atoms with Crippen molar-refractivity contribution in [3.63, 3.8) is 0 Å². The number of aliphatic hydroxyl groups is 3. The van der Waals surface area contributed by atoms with Crippen LogP contribution in [-0.2, 0) is 32.5 Å². The van der Waals surface area contributed by atoms with Crippen LogP contribution in [0.25, 0.3) is 0 Å². The van der Waals surface area contributed by atoms with Gasteiger partial charge in [-0.3, -0.25) is 18.4 Å². The van der Waals surface area contributed by atoms with Crippen LogP contribution in [0, 0.1) is 5.92 Å². The fraction of sp³-hybridized carbons (Fsp3) is 0.875. The molecule has 12 nitrogen and oxygen atoms in total. The topological polar surface area (TPSA) is 181 Å². The normalized spacial score (nSPS) is 28.7. The molecular weight excluding hydrogens is 413 g/mol. The van der Waals surface area contributed by atoms with Gasteiger partial charge in [0.05, 0.1) is 38.1 Å². The van der Waals surface area contributed by atoms with Crippen molar-refractivity contribution in [2.24, 2.45) is 5.92 Å². The lowest BCUT2D eigenvalue weighted by Gasteiger charge is -2.43. The van der Waals surface area contributed by atoms with Gasteiger partial charge in [0.2, 0.25) is 5.91 Å². The lowest BCUT2D eigenvalue weighted by atomic mass is 9.84. The number of nitrogens with one attached hydrogen (secondary N) is 1. The maximum Gasteiger partial charge on any atom is 0.474 e. The van der Waals surface area contributed by atoms with E-state index in [4.69, 9.17) is 18.3 Å². The van der Waals surface area contributed by atoms with E-state index in [1.807, 2.05) is 0 Å². The van der Waals surface area contributed by atoms with E-state index in [0.717, 1.165) is 0 Å². The number of aliphatic hydroxyl groups excluding tert-OH is 2. The van der Waals surface area contributed by atoms with Gasteiger partial charge in [0.25, 0.3) is 5.79 Å². The molecular formula is C16H30NO11P. The smallest absolute Gasteiger partial charge is 0.474 e. The molecule has 29 heavy (non-hydrogen) atoms. The van der Waals surface area contributed by atoms with Crippen LogP contribution in [0.15, 0.2) is 0 Å². The summed E-state index contributed by atoms with van der Waals surface area (Å²) in [7, 11) is -3.87. The van der Waals surface area contributed by atoms with Gasteiger partial charge in [0.15, 0.2) is 0 Å². The summed E-state index contributed by atoms with van der Waals surface area (Å²) in [5, 5.41) is 42.4. The Bertz CT molecular complexity index is 593. The number of ether oxygens (including phenoxy) is 1. The van der Waals surface area contributed by atoms with Crippen LogP contribution >= 0.6 is 7.82 Å². The maximum absolute atomic E-state index is 12.3. The minimum absolute atomic E-state index is 0.0513. The number of phosphoric ester groups is 1. The monoisotopic (exact) mass is 443 g/mol. The summed E-state index contributed by atoms with van der Waals surface area (Å²) in [5.41, 5.74) is 0. The lowest BCUT2D eigenvalue weighted by Crippen LogP contribution is -2.58. The van der Waals surface area contributed by atoms with Crippen LogP contribution in [0.4, 0.5) is 0 Å². The average molecular weight is 443 g/mol. The summed E-state index contributed by atoms with van der Waals surface area (Å²) in [6, 6.07) is 0. The van der Waals surface area contributed by atoms with Crippen LogP contribution in [0.2, 0.25) is 0 Å². The van der Waals surface area contributed by atoms with Crippen LogP contribution in [0.5, 0.6) is 0 Å². The van der Waals surface area contributed by atoms with Crippen molar-refractivity contribution in [3.05, 3.63) is 0 Å². The SMILES string of the molecule is CCOP(=O)(OCC)OC[C@@H](O)CC1OC(O)(C(=O)O)CC(O)C1CNC(C)=O. The maximum atomic E-state index is 12.3. The molecule has 5 N–H and O–H groups in total. The second-order valence-electron chi connectivity index (χ2n) is 6.59. The number of hydrogen-bond acceptors (Lipinski definition) is 10. The van der Waals surface area contributed by atoms with Crippen molar-refractivity contribution in [1.29, 1.82) is 0 Å². The zero-order valence-electron chi connectivity index (χ0n) is 16.6. The first-order valence-electron chi connectivity index (χ1n) is 9.24. The fourth-order valence-corrected chi connectivity index (χ4v) is 4.11. The molecule has 4 unspecified atom stereocenters. The van der Waals surface area contributed by atoms with Gasteiger partial charge in [0.1, 0.15) is 0 Å². The Morgan fingerprint density at radius 1 is 1.28 bits per heavy atom. The number of carboxylic acids is 1. The van der Waals surface area contributed by atoms with Crippen LogP contribution in [0.3, 0.4) is 0 Å². The van der Waals surface area contributed by atoms with Gasteiger partial charge in [-0.15, -0.1) is 0 Å². The van der Waals surface area contributed by atoms with E-state index in [0.29, 0.717) is 0 Å². The average Bonchev–Trinajstić information content (AvgIpc) is 2.59. The standard InChI is InChI=1S/C16H30NO11P/c1-4-25-29(24,26-5-2)27-9-11(19)6-14-12(8-17-10(3)18)13(20)7-16(23,28-14)15(21)22/h11-14,19-20,23H,4-9H2,1-3H3,(H,17,18)(H,21,22)/t11-,12?,13?,14?,16?/m0/s1. The number of rotatable bonds is 12. The van der Waals surface area contributed by atoms with E-state index >= 15 is 0 Å². The van der Waals surface area contributed by atoms with Crippen molar-refractivity contribution >= 4 is 19.7 Å². The molecule has 1 heterocycles. The van der Waals surface area contributed by atoms with E-state index in [2.05, 4.69) is 5.32 Å². The Hall–Kier alpha value is -1.11. The Labute approximate surface area is 168 Å². The fourth-order valence-electron chi connectivity index (χ4n) is 2.90. The third-order valence-corrected chi connectivity index (χ3v) is 5.84. The van der Waals surface area contributed by atoms with Gasteiger partial charge in [-0.25, -0.2) is 9.36 Å². The quantitative estimate of drug-likeness (QED) is 0.248. The molecule has 0 aromatic rings. The highest BCUT2D eigenvalue weighted by atomic mass is 31.2. The molecule has 0 radical (unpaired) electrons. The summed E-state index contributed by atoms with van der Waals surface area (Å²) in [6.45, 7) is 3.97. The van der Waals surface area contributed by atoms with Crippen molar-refractivity contribution in [1.82, 2.24) is 5.32 Å². The number of phosphoric acid groups is 1. The lowest BCUT2D eigenvalue weighted by molar-refractivity contribution is -0.287. The third-order valence-electron chi connectivity index (χ3n) is 4.23.